The fourth-order valence-electron chi connectivity index (χ4n) is 0.665. The number of rotatable bonds is 8. The molecule has 0 amide bonds. The number of alkyl halides is 3. The van der Waals surface area contributed by atoms with Gasteiger partial charge < -0.3 is 14.6 Å². The Morgan fingerprint density at radius 2 is 2.00 bits per heavy atom. The molecule has 0 spiro atoms. The zero-order valence-electron chi connectivity index (χ0n) is 7.66. The maximum Gasteiger partial charge on any atom is 0.347 e. The molecule has 0 rings (SSSR count). The molecular formula is C6H10F4O5. The molecule has 0 aromatic heterocycles. The highest BCUT2D eigenvalue weighted by Gasteiger charge is 2.44. The van der Waals surface area contributed by atoms with Crippen LogP contribution in [0.2, 0.25) is 0 Å². The quantitative estimate of drug-likeness (QED) is 0.499. The number of hydrogen-bond donors (Lipinski definition) is 1. The van der Waals surface area contributed by atoms with Gasteiger partial charge in [-0.15, -0.1) is 0 Å². The van der Waals surface area contributed by atoms with Crippen molar-refractivity contribution in [3.05, 3.63) is 0 Å². The number of hydrogen-bond acceptors (Lipinski definition) is 5. The van der Waals surface area contributed by atoms with Gasteiger partial charge in [0.25, 0.3) is 6.29 Å². The molecule has 0 bridgehead atoms. The van der Waals surface area contributed by atoms with Crippen molar-refractivity contribution in [2.24, 2.45) is 0 Å². The summed E-state index contributed by atoms with van der Waals surface area (Å²) in [5, 5.41) is 9.23. The van der Waals surface area contributed by atoms with E-state index >= 15 is 0 Å². The van der Waals surface area contributed by atoms with E-state index in [1.807, 2.05) is 0 Å². The third-order valence-corrected chi connectivity index (χ3v) is 1.28. The first kappa shape index (κ1) is 14.5. The second kappa shape index (κ2) is 6.90. The topological polar surface area (TPSA) is 57.2 Å². The summed E-state index contributed by atoms with van der Waals surface area (Å²) in [5.41, 5.74) is 0. The molecule has 2 atom stereocenters. The Morgan fingerprint density at radius 3 is 2.33 bits per heavy atom. The van der Waals surface area contributed by atoms with Crippen LogP contribution in [0.5, 0.6) is 0 Å². The van der Waals surface area contributed by atoms with E-state index in [-0.39, 0.29) is 0 Å². The van der Waals surface area contributed by atoms with Gasteiger partial charge in [-0.05, 0) is 4.53 Å². The average Bonchev–Trinajstić information content (AvgIpc) is 2.22. The Balaban J connectivity index is 4.41. The Labute approximate surface area is 82.4 Å². The summed E-state index contributed by atoms with van der Waals surface area (Å²) in [6.07, 6.45) is -2.55. The van der Waals surface area contributed by atoms with Gasteiger partial charge >= 0.3 is 12.6 Å². The summed E-state index contributed by atoms with van der Waals surface area (Å²) in [6, 6.07) is 0. The van der Waals surface area contributed by atoms with Crippen LogP contribution in [0, 0.1) is 0 Å². The molecule has 0 saturated heterocycles. The van der Waals surface area contributed by atoms with Crippen LogP contribution in [0.15, 0.2) is 0 Å². The van der Waals surface area contributed by atoms with E-state index < -0.39 is 32.2 Å². The van der Waals surface area contributed by atoms with E-state index in [4.69, 9.17) is 0 Å². The molecule has 9 heteroatoms. The Kier molecular flexibility index (Phi) is 6.68. The number of halogens is 4. The number of aliphatic hydroxyl groups is 1. The van der Waals surface area contributed by atoms with E-state index in [0.717, 1.165) is 7.11 Å². The van der Waals surface area contributed by atoms with Gasteiger partial charge in [-0.25, -0.2) is 4.39 Å². The number of methoxy groups -OCH3 is 1. The van der Waals surface area contributed by atoms with E-state index in [9.17, 15) is 22.8 Å². The zero-order valence-corrected chi connectivity index (χ0v) is 7.66. The van der Waals surface area contributed by atoms with Crippen LogP contribution in [-0.4, -0.2) is 44.4 Å². The first-order valence-electron chi connectivity index (χ1n) is 3.68. The molecule has 0 fully saturated rings. The Morgan fingerprint density at radius 1 is 1.40 bits per heavy atom. The highest BCUT2D eigenvalue weighted by Crippen LogP contribution is 2.20. The molecule has 0 saturated carbocycles. The van der Waals surface area contributed by atoms with Crippen LogP contribution in [0.1, 0.15) is 0 Å². The molecule has 0 aliphatic heterocycles. The van der Waals surface area contributed by atoms with Crippen molar-refractivity contribution in [3.63, 3.8) is 0 Å². The third kappa shape index (κ3) is 4.71. The third-order valence-electron chi connectivity index (χ3n) is 1.28. The Bertz CT molecular complexity index is 172. The molecule has 1 N–H and O–H groups in total. The van der Waals surface area contributed by atoms with E-state index in [1.54, 1.807) is 0 Å². The summed E-state index contributed by atoms with van der Waals surface area (Å²) in [4.78, 5) is 2.89. The summed E-state index contributed by atoms with van der Waals surface area (Å²) in [6.45, 7) is -5.18. The predicted octanol–water partition coefficient (Wildman–Crippen LogP) is 0.731. The maximum atomic E-state index is 11.8. The van der Waals surface area contributed by atoms with Gasteiger partial charge in [0.15, 0.2) is 0 Å². The van der Waals surface area contributed by atoms with Gasteiger partial charge in [-0.3, -0.25) is 4.74 Å². The standard InChI is InChI=1S/C6H10F4O5/c1-12-6(11,13-3-2-7)4(15-10)14-5(8)9/h4-5,11H,2-3H2,1H3. The van der Waals surface area contributed by atoms with Gasteiger partial charge in [-0.1, -0.05) is 0 Å². The molecular weight excluding hydrogens is 228 g/mol. The number of ether oxygens (including phenoxy) is 3. The predicted molar refractivity (Wildman–Crippen MR) is 37.0 cm³/mol. The highest BCUT2D eigenvalue weighted by molar-refractivity contribution is 4.58. The molecule has 0 aliphatic rings. The minimum atomic E-state index is -3.43. The molecule has 0 radical (unpaired) electrons. The van der Waals surface area contributed by atoms with Crippen LogP contribution in [0.4, 0.5) is 17.7 Å². The fraction of sp³-hybridized carbons (Fsp3) is 1.00. The molecule has 0 aromatic carbocycles. The second-order valence-electron chi connectivity index (χ2n) is 2.19. The monoisotopic (exact) mass is 238 g/mol. The lowest BCUT2D eigenvalue weighted by atomic mass is 10.5. The SMILES string of the molecule is COC(O)(OCCF)C(OF)OC(F)F. The van der Waals surface area contributed by atoms with Crippen molar-refractivity contribution < 1.29 is 42.0 Å². The summed E-state index contributed by atoms with van der Waals surface area (Å²) >= 11 is 0. The lowest BCUT2D eigenvalue weighted by Crippen LogP contribution is -2.49. The minimum absolute atomic E-state index is 0.712. The molecule has 92 valence electrons. The van der Waals surface area contributed by atoms with Crippen LogP contribution >= 0.6 is 0 Å². The van der Waals surface area contributed by atoms with Gasteiger partial charge in [0, 0.05) is 7.11 Å². The van der Waals surface area contributed by atoms with Crippen molar-refractivity contribution >= 4 is 0 Å². The Hall–Kier alpha value is -0.480. The van der Waals surface area contributed by atoms with Crippen molar-refractivity contribution in [1.82, 2.24) is 0 Å². The highest BCUT2D eigenvalue weighted by atomic mass is 19.3. The van der Waals surface area contributed by atoms with Crippen molar-refractivity contribution in [2.75, 3.05) is 20.4 Å². The van der Waals surface area contributed by atoms with Crippen LogP contribution < -0.4 is 0 Å². The lowest BCUT2D eigenvalue weighted by Gasteiger charge is -2.29. The van der Waals surface area contributed by atoms with Crippen LogP contribution in [0.3, 0.4) is 0 Å². The van der Waals surface area contributed by atoms with Crippen molar-refractivity contribution in [3.8, 4) is 0 Å². The first-order chi connectivity index (χ1) is 7.00. The van der Waals surface area contributed by atoms with Crippen molar-refractivity contribution in [2.45, 2.75) is 18.9 Å². The summed E-state index contributed by atoms with van der Waals surface area (Å²) in [5.74, 6) is -2.95. The normalized spacial score (nSPS) is 17.8. The van der Waals surface area contributed by atoms with Gasteiger partial charge in [0.2, 0.25) is 0 Å². The van der Waals surface area contributed by atoms with Gasteiger partial charge in [-0.2, -0.15) is 13.7 Å². The maximum absolute atomic E-state index is 11.8. The van der Waals surface area contributed by atoms with Gasteiger partial charge in [0.1, 0.15) is 6.67 Å². The van der Waals surface area contributed by atoms with E-state index in [2.05, 4.69) is 19.2 Å². The molecule has 5 nitrogen and oxygen atoms in total. The lowest BCUT2D eigenvalue weighted by molar-refractivity contribution is -0.481. The molecule has 0 aliphatic carbocycles. The first-order valence-corrected chi connectivity index (χ1v) is 3.68. The fourth-order valence-corrected chi connectivity index (χ4v) is 0.665. The summed E-state index contributed by atoms with van der Waals surface area (Å²) in [7, 11) is 0.805. The second-order valence-corrected chi connectivity index (χ2v) is 2.19. The van der Waals surface area contributed by atoms with Crippen LogP contribution in [0.25, 0.3) is 0 Å². The average molecular weight is 238 g/mol. The minimum Gasteiger partial charge on any atom is -0.339 e. The smallest absolute Gasteiger partial charge is 0.339 e. The van der Waals surface area contributed by atoms with Gasteiger partial charge in [0.05, 0.1) is 6.61 Å². The molecule has 0 aromatic rings. The van der Waals surface area contributed by atoms with E-state index in [0.29, 0.717) is 0 Å². The largest absolute Gasteiger partial charge is 0.347 e. The summed E-state index contributed by atoms with van der Waals surface area (Å²) < 4.78 is 58.7. The molecule has 0 heterocycles. The molecule has 15 heavy (non-hydrogen) atoms. The zero-order chi connectivity index (χ0) is 11.9. The van der Waals surface area contributed by atoms with E-state index in [1.165, 1.54) is 0 Å². The van der Waals surface area contributed by atoms with Crippen LogP contribution in [-0.2, 0) is 19.2 Å². The molecule has 2 unspecified atom stereocenters. The van der Waals surface area contributed by atoms with Crippen molar-refractivity contribution in [1.29, 1.82) is 0 Å².